The van der Waals surface area contributed by atoms with Crippen molar-refractivity contribution in [3.63, 3.8) is 0 Å². The van der Waals surface area contributed by atoms with Gasteiger partial charge in [-0.05, 0) is 50.8 Å². The van der Waals surface area contributed by atoms with Crippen molar-refractivity contribution in [2.24, 2.45) is 0 Å². The van der Waals surface area contributed by atoms with Gasteiger partial charge in [0.1, 0.15) is 18.5 Å². The first kappa shape index (κ1) is 20.2. The highest BCUT2D eigenvalue weighted by atomic mass is 35.5. The minimum absolute atomic E-state index is 0. The van der Waals surface area contributed by atoms with Gasteiger partial charge in [0, 0.05) is 12.1 Å². The zero-order chi connectivity index (χ0) is 15.3. The van der Waals surface area contributed by atoms with Crippen molar-refractivity contribution < 1.29 is 9.84 Å². The van der Waals surface area contributed by atoms with Crippen LogP contribution in [0.2, 0.25) is 0 Å². The lowest BCUT2D eigenvalue weighted by molar-refractivity contribution is 0.0994. The molecule has 3 nitrogen and oxygen atoms in total. The third-order valence-corrected chi connectivity index (χ3v) is 3.09. The van der Waals surface area contributed by atoms with Crippen molar-refractivity contribution >= 4 is 12.4 Å². The standard InChI is InChI=1S/C17H29NO2.ClH/c1-12(2)15-8-7-13(3)9-16(15)20-11-14(19)10-18-17(4,5)6;/h7-9,12,14,18-19H,10-11H2,1-6H3;1H. The topological polar surface area (TPSA) is 41.5 Å². The van der Waals surface area contributed by atoms with Gasteiger partial charge >= 0.3 is 0 Å². The summed E-state index contributed by atoms with van der Waals surface area (Å²) in [5, 5.41) is 13.3. The molecule has 21 heavy (non-hydrogen) atoms. The number of nitrogens with one attached hydrogen (secondary N) is 1. The molecule has 0 bridgehead atoms. The maximum absolute atomic E-state index is 9.99. The Morgan fingerprint density at radius 2 is 1.86 bits per heavy atom. The van der Waals surface area contributed by atoms with Gasteiger partial charge in [0.05, 0.1) is 0 Å². The number of aliphatic hydroxyl groups is 1. The first-order chi connectivity index (χ1) is 9.19. The summed E-state index contributed by atoms with van der Waals surface area (Å²) in [7, 11) is 0. The number of benzene rings is 1. The molecule has 4 heteroatoms. The van der Waals surface area contributed by atoms with Crippen LogP contribution in [0.15, 0.2) is 18.2 Å². The molecule has 122 valence electrons. The molecule has 1 aromatic rings. The van der Waals surface area contributed by atoms with Crippen LogP contribution in [0.5, 0.6) is 5.75 Å². The lowest BCUT2D eigenvalue weighted by Crippen LogP contribution is -2.42. The average Bonchev–Trinajstić information content (AvgIpc) is 2.32. The minimum atomic E-state index is -0.505. The second-order valence-electron chi connectivity index (χ2n) is 6.79. The lowest BCUT2D eigenvalue weighted by Gasteiger charge is -2.23. The van der Waals surface area contributed by atoms with Crippen LogP contribution in [0, 0.1) is 6.92 Å². The highest BCUT2D eigenvalue weighted by molar-refractivity contribution is 5.85. The van der Waals surface area contributed by atoms with Crippen molar-refractivity contribution in [1.82, 2.24) is 5.32 Å². The third-order valence-electron chi connectivity index (χ3n) is 3.09. The monoisotopic (exact) mass is 315 g/mol. The summed E-state index contributed by atoms with van der Waals surface area (Å²) in [4.78, 5) is 0. The van der Waals surface area contributed by atoms with Crippen LogP contribution >= 0.6 is 12.4 Å². The molecular formula is C17H30ClNO2. The highest BCUT2D eigenvalue weighted by Crippen LogP contribution is 2.27. The molecule has 0 fully saturated rings. The van der Waals surface area contributed by atoms with Gasteiger partial charge in [-0.15, -0.1) is 12.4 Å². The fraction of sp³-hybridized carbons (Fsp3) is 0.647. The molecule has 0 aliphatic carbocycles. The van der Waals surface area contributed by atoms with Crippen molar-refractivity contribution in [2.75, 3.05) is 13.2 Å². The van der Waals surface area contributed by atoms with E-state index in [-0.39, 0.29) is 17.9 Å². The zero-order valence-electron chi connectivity index (χ0n) is 14.1. The molecule has 0 saturated heterocycles. The Kier molecular flexibility index (Phi) is 8.30. The molecule has 0 saturated carbocycles. The highest BCUT2D eigenvalue weighted by Gasteiger charge is 2.14. The third kappa shape index (κ3) is 7.70. The fourth-order valence-corrected chi connectivity index (χ4v) is 1.91. The van der Waals surface area contributed by atoms with E-state index in [9.17, 15) is 5.11 Å². The lowest BCUT2D eigenvalue weighted by atomic mass is 10.0. The smallest absolute Gasteiger partial charge is 0.123 e. The Bertz CT molecular complexity index is 427. The number of halogens is 1. The van der Waals surface area contributed by atoms with Crippen LogP contribution in [0.4, 0.5) is 0 Å². The van der Waals surface area contributed by atoms with Crippen molar-refractivity contribution in [2.45, 2.75) is 59.1 Å². The van der Waals surface area contributed by atoms with E-state index in [0.29, 0.717) is 19.1 Å². The molecule has 0 radical (unpaired) electrons. The van der Waals surface area contributed by atoms with Gasteiger partial charge in [0.15, 0.2) is 0 Å². The number of aryl methyl sites for hydroxylation is 1. The number of ether oxygens (including phenoxy) is 1. The molecule has 2 N–H and O–H groups in total. The van der Waals surface area contributed by atoms with Gasteiger partial charge in [-0.3, -0.25) is 0 Å². The Labute approximate surface area is 135 Å². The number of hydrogen-bond donors (Lipinski definition) is 2. The van der Waals surface area contributed by atoms with Crippen LogP contribution in [0.25, 0.3) is 0 Å². The normalized spacial score (nSPS) is 13.0. The van der Waals surface area contributed by atoms with Gasteiger partial charge < -0.3 is 15.2 Å². The van der Waals surface area contributed by atoms with E-state index in [4.69, 9.17) is 4.74 Å². The van der Waals surface area contributed by atoms with Crippen LogP contribution in [-0.4, -0.2) is 29.9 Å². The Morgan fingerprint density at radius 3 is 2.38 bits per heavy atom. The Morgan fingerprint density at radius 1 is 1.24 bits per heavy atom. The van der Waals surface area contributed by atoms with E-state index in [1.807, 2.05) is 6.07 Å². The van der Waals surface area contributed by atoms with E-state index < -0.39 is 6.10 Å². The van der Waals surface area contributed by atoms with Crippen molar-refractivity contribution in [3.05, 3.63) is 29.3 Å². The first-order valence-electron chi connectivity index (χ1n) is 7.35. The molecule has 1 rings (SSSR count). The van der Waals surface area contributed by atoms with Gasteiger partial charge in [-0.25, -0.2) is 0 Å². The maximum atomic E-state index is 9.99. The second-order valence-corrected chi connectivity index (χ2v) is 6.79. The number of rotatable bonds is 6. The molecular weight excluding hydrogens is 286 g/mol. The molecule has 1 atom stereocenters. The Hall–Kier alpha value is -0.770. The predicted octanol–water partition coefficient (Wildman–Crippen LogP) is 3.67. The molecule has 1 aromatic carbocycles. The predicted molar refractivity (Wildman–Crippen MR) is 91.8 cm³/mol. The van der Waals surface area contributed by atoms with E-state index in [0.717, 1.165) is 5.75 Å². The second kappa shape index (κ2) is 8.62. The van der Waals surface area contributed by atoms with Crippen LogP contribution in [-0.2, 0) is 0 Å². The summed E-state index contributed by atoms with van der Waals surface area (Å²) < 4.78 is 5.82. The molecule has 0 aliphatic heterocycles. The molecule has 0 amide bonds. The van der Waals surface area contributed by atoms with Gasteiger partial charge in [-0.2, -0.15) is 0 Å². The van der Waals surface area contributed by atoms with E-state index in [1.165, 1.54) is 11.1 Å². The van der Waals surface area contributed by atoms with Crippen molar-refractivity contribution in [1.29, 1.82) is 0 Å². The van der Waals surface area contributed by atoms with Crippen LogP contribution in [0.1, 0.15) is 51.7 Å². The molecule has 1 unspecified atom stereocenters. The van der Waals surface area contributed by atoms with Gasteiger partial charge in [0.25, 0.3) is 0 Å². The van der Waals surface area contributed by atoms with Gasteiger partial charge in [0.2, 0.25) is 0 Å². The molecule has 0 heterocycles. The van der Waals surface area contributed by atoms with Crippen molar-refractivity contribution in [3.8, 4) is 5.75 Å². The van der Waals surface area contributed by atoms with E-state index in [2.05, 4.69) is 59.0 Å². The minimum Gasteiger partial charge on any atom is -0.491 e. The summed E-state index contributed by atoms with van der Waals surface area (Å²) in [6.07, 6.45) is -0.505. The number of aliphatic hydroxyl groups excluding tert-OH is 1. The zero-order valence-corrected chi connectivity index (χ0v) is 14.9. The van der Waals surface area contributed by atoms with Crippen LogP contribution in [0.3, 0.4) is 0 Å². The van der Waals surface area contributed by atoms with Crippen LogP contribution < -0.4 is 10.1 Å². The number of hydrogen-bond acceptors (Lipinski definition) is 3. The average molecular weight is 316 g/mol. The molecule has 0 aromatic heterocycles. The van der Waals surface area contributed by atoms with Gasteiger partial charge in [-0.1, -0.05) is 26.0 Å². The summed E-state index contributed by atoms with van der Waals surface area (Å²) in [6, 6.07) is 6.24. The SMILES string of the molecule is Cc1ccc(C(C)C)c(OCC(O)CNC(C)(C)C)c1.Cl. The maximum Gasteiger partial charge on any atom is 0.123 e. The Balaban J connectivity index is 0.00000400. The largest absolute Gasteiger partial charge is 0.491 e. The van der Waals surface area contributed by atoms with E-state index >= 15 is 0 Å². The summed E-state index contributed by atoms with van der Waals surface area (Å²) >= 11 is 0. The summed E-state index contributed by atoms with van der Waals surface area (Å²) in [5.74, 6) is 1.30. The number of β-amino-alcohol motifs (C(OH)–C–C–N with tert-alkyl or cyclic N) is 1. The summed E-state index contributed by atoms with van der Waals surface area (Å²) in [5.41, 5.74) is 2.37. The fourth-order valence-electron chi connectivity index (χ4n) is 1.91. The molecule has 0 spiro atoms. The van der Waals surface area contributed by atoms with E-state index in [1.54, 1.807) is 0 Å². The quantitative estimate of drug-likeness (QED) is 0.841. The molecule has 0 aliphatic rings. The first-order valence-corrected chi connectivity index (χ1v) is 7.35. The summed E-state index contributed by atoms with van der Waals surface area (Å²) in [6.45, 7) is 13.4.